The Hall–Kier alpha value is -3.44. The van der Waals surface area contributed by atoms with Gasteiger partial charge in [-0.15, -0.1) is 0 Å². The van der Waals surface area contributed by atoms with Crippen molar-refractivity contribution in [1.82, 2.24) is 9.80 Å². The zero-order valence-electron chi connectivity index (χ0n) is 32.2. The van der Waals surface area contributed by atoms with E-state index in [2.05, 4.69) is 81.7 Å². The van der Waals surface area contributed by atoms with Gasteiger partial charge >= 0.3 is 0 Å². The van der Waals surface area contributed by atoms with E-state index in [1.807, 2.05) is 37.9 Å². The highest BCUT2D eigenvalue weighted by Crippen LogP contribution is 2.57. The van der Waals surface area contributed by atoms with Gasteiger partial charge in [0.1, 0.15) is 5.78 Å². The van der Waals surface area contributed by atoms with E-state index in [1.165, 1.54) is 57.5 Å². The Morgan fingerprint density at radius 1 is 1.02 bits per heavy atom. The van der Waals surface area contributed by atoms with Crippen molar-refractivity contribution in [2.45, 2.75) is 117 Å². The summed E-state index contributed by atoms with van der Waals surface area (Å²) < 4.78 is 0. The lowest BCUT2D eigenvalue weighted by atomic mass is 9.59. The molecule has 266 valence electrons. The third-order valence-electron chi connectivity index (χ3n) is 12.8. The third-order valence-corrected chi connectivity index (χ3v) is 12.8. The van der Waals surface area contributed by atoms with E-state index in [0.717, 1.165) is 50.0 Å². The second-order valence-corrected chi connectivity index (χ2v) is 17.3. The summed E-state index contributed by atoms with van der Waals surface area (Å²) in [4.78, 5) is 34.0. The Labute approximate surface area is 301 Å². The lowest BCUT2D eigenvalue weighted by molar-refractivity contribution is -0.122. The van der Waals surface area contributed by atoms with Crippen molar-refractivity contribution in [3.05, 3.63) is 92.6 Å². The van der Waals surface area contributed by atoms with Gasteiger partial charge in [-0.3, -0.25) is 14.5 Å². The van der Waals surface area contributed by atoms with Gasteiger partial charge in [0, 0.05) is 61.2 Å². The van der Waals surface area contributed by atoms with Gasteiger partial charge < -0.3 is 9.80 Å². The fourth-order valence-corrected chi connectivity index (χ4v) is 10.4. The lowest BCUT2D eigenvalue weighted by Gasteiger charge is -2.53. The van der Waals surface area contributed by atoms with E-state index in [4.69, 9.17) is 0 Å². The number of hydrogen-bond acceptors (Lipinski definition) is 4. The molecule has 0 N–H and O–H groups in total. The first kappa shape index (κ1) is 35.0. The first-order valence-corrected chi connectivity index (χ1v) is 19.5. The van der Waals surface area contributed by atoms with Crippen LogP contribution in [0.25, 0.3) is 5.57 Å². The number of ketones is 1. The van der Waals surface area contributed by atoms with E-state index in [9.17, 15) is 9.59 Å². The molecule has 0 bridgehead atoms. The summed E-state index contributed by atoms with van der Waals surface area (Å²) in [5.74, 6) is 0.774. The van der Waals surface area contributed by atoms with Crippen molar-refractivity contribution < 1.29 is 9.59 Å². The number of anilines is 1. The fourth-order valence-electron chi connectivity index (χ4n) is 10.4. The van der Waals surface area contributed by atoms with Gasteiger partial charge in [-0.1, -0.05) is 71.9 Å². The van der Waals surface area contributed by atoms with E-state index < -0.39 is 0 Å². The zero-order chi connectivity index (χ0) is 35.7. The quantitative estimate of drug-likeness (QED) is 0.281. The number of rotatable bonds is 8. The lowest BCUT2D eigenvalue weighted by Crippen LogP contribution is -2.56. The van der Waals surface area contributed by atoms with E-state index in [1.54, 1.807) is 5.56 Å². The molecule has 3 heterocycles. The average molecular weight is 674 g/mol. The van der Waals surface area contributed by atoms with Crippen LogP contribution >= 0.6 is 0 Å². The van der Waals surface area contributed by atoms with Crippen LogP contribution in [-0.4, -0.2) is 66.3 Å². The average Bonchev–Trinajstić information content (AvgIpc) is 3.07. The number of Topliss-reactive ketones (excluding diaryl/α,β-unsaturated/α-hetero) is 1. The van der Waals surface area contributed by atoms with E-state index in [-0.39, 0.29) is 34.6 Å². The molecule has 2 aromatic carbocycles. The van der Waals surface area contributed by atoms with Crippen molar-refractivity contribution in [3.8, 4) is 0 Å². The molecule has 1 fully saturated rings. The summed E-state index contributed by atoms with van der Waals surface area (Å²) in [6.45, 7) is 22.3. The molecule has 2 aromatic rings. The number of fused-ring (bicyclic) bond motifs is 4. The molecule has 2 atom stereocenters. The van der Waals surface area contributed by atoms with Crippen LogP contribution in [0.3, 0.4) is 0 Å². The molecule has 1 saturated heterocycles. The number of aryl methyl sites for hydroxylation is 1. The largest absolute Gasteiger partial charge is 0.371 e. The number of allylic oxidation sites excluding steroid dienone is 3. The number of likely N-dealkylation sites (tertiary alicyclic amines) is 1. The number of carbonyl (C=O) groups excluding carboxylic acids is 2. The van der Waals surface area contributed by atoms with Gasteiger partial charge in [0.2, 0.25) is 0 Å². The maximum Gasteiger partial charge on any atom is 0.254 e. The molecule has 2 unspecified atom stereocenters. The Morgan fingerprint density at radius 3 is 2.46 bits per heavy atom. The van der Waals surface area contributed by atoms with Crippen LogP contribution in [0, 0.1) is 11.8 Å². The summed E-state index contributed by atoms with van der Waals surface area (Å²) in [6.07, 6.45) is 12.1. The zero-order valence-corrected chi connectivity index (χ0v) is 32.2. The SMILES string of the molecule is CCN1C2C=C3C(=C(c4ccccc4C(=O)N(C)CCCC(=O)C(C)C)c4cc5c6c(c4C3(C)C)CCCN6CCC5)C=C2C(C)CC1(C)C. The number of likely N-dealkylation sites (N-methyl/N-ethyl adjacent to an activating group) is 1. The Morgan fingerprint density at radius 2 is 1.74 bits per heavy atom. The van der Waals surface area contributed by atoms with Crippen molar-refractivity contribution in [1.29, 1.82) is 0 Å². The number of hydrogen-bond donors (Lipinski definition) is 0. The molecular formula is C45H59N3O2. The van der Waals surface area contributed by atoms with Gasteiger partial charge in [0.25, 0.3) is 5.91 Å². The molecule has 1 amide bonds. The number of piperidine rings is 1. The monoisotopic (exact) mass is 673 g/mol. The summed E-state index contributed by atoms with van der Waals surface area (Å²) >= 11 is 0. The molecule has 5 aliphatic rings. The molecule has 5 nitrogen and oxygen atoms in total. The Kier molecular flexibility index (Phi) is 9.07. The summed E-state index contributed by atoms with van der Waals surface area (Å²) in [6, 6.07) is 11.1. The predicted molar refractivity (Wildman–Crippen MR) is 207 cm³/mol. The maximum atomic E-state index is 14.4. The number of carbonyl (C=O) groups is 2. The van der Waals surface area contributed by atoms with Crippen LogP contribution in [0.4, 0.5) is 5.69 Å². The van der Waals surface area contributed by atoms with Gasteiger partial charge in [-0.25, -0.2) is 0 Å². The summed E-state index contributed by atoms with van der Waals surface area (Å²) in [5, 5.41) is 0. The number of nitrogens with zero attached hydrogens (tertiary/aromatic N) is 3. The van der Waals surface area contributed by atoms with Gasteiger partial charge in [-0.2, -0.15) is 0 Å². The first-order chi connectivity index (χ1) is 23.8. The molecular weight excluding hydrogens is 615 g/mol. The van der Waals surface area contributed by atoms with Crippen molar-refractivity contribution in [2.24, 2.45) is 11.8 Å². The van der Waals surface area contributed by atoms with Crippen LogP contribution in [0.2, 0.25) is 0 Å². The van der Waals surface area contributed by atoms with Crippen LogP contribution in [0.1, 0.15) is 126 Å². The van der Waals surface area contributed by atoms with Crippen molar-refractivity contribution >= 4 is 23.0 Å². The number of benzene rings is 2. The Balaban J connectivity index is 1.45. The number of amides is 1. The molecule has 5 heteroatoms. The van der Waals surface area contributed by atoms with Crippen molar-refractivity contribution in [3.63, 3.8) is 0 Å². The van der Waals surface area contributed by atoms with Gasteiger partial charge in [0.05, 0.1) is 6.04 Å². The van der Waals surface area contributed by atoms with Gasteiger partial charge in [-0.05, 0) is 127 Å². The molecule has 0 aromatic heterocycles. The molecule has 50 heavy (non-hydrogen) atoms. The third kappa shape index (κ3) is 5.63. The smallest absolute Gasteiger partial charge is 0.254 e. The van der Waals surface area contributed by atoms with Crippen molar-refractivity contribution in [2.75, 3.05) is 38.1 Å². The maximum absolute atomic E-state index is 14.4. The second-order valence-electron chi connectivity index (χ2n) is 17.3. The summed E-state index contributed by atoms with van der Waals surface area (Å²) in [7, 11) is 1.90. The van der Waals surface area contributed by atoms with Gasteiger partial charge in [0.15, 0.2) is 0 Å². The normalized spacial score (nSPS) is 23.4. The van der Waals surface area contributed by atoms with E-state index in [0.29, 0.717) is 25.3 Å². The molecule has 3 aliphatic heterocycles. The van der Waals surface area contributed by atoms with Crippen LogP contribution in [0.15, 0.2) is 59.2 Å². The minimum absolute atomic E-state index is 0.0256. The molecule has 2 aliphatic carbocycles. The van der Waals surface area contributed by atoms with Crippen LogP contribution in [-0.2, 0) is 23.1 Å². The summed E-state index contributed by atoms with van der Waals surface area (Å²) in [5.41, 5.74) is 14.5. The predicted octanol–water partition coefficient (Wildman–Crippen LogP) is 8.93. The molecule has 0 radical (unpaired) electrons. The molecule has 0 saturated carbocycles. The van der Waals surface area contributed by atoms with Crippen LogP contribution in [0.5, 0.6) is 0 Å². The molecule has 0 spiro atoms. The standard InChI is InChI=1S/C45H59N3O2/c1-10-48-38-26-37-35(25-34(38)29(4)27-44(48,5)6)40(31-17-11-12-18-32(31)43(50)46(9)21-15-20-39(49)28(2)3)36-24-30-16-13-22-47-23-14-19-33(42(30)47)41(36)45(37,7)8/h11-12,17-18,24-26,28-29,38H,10,13-16,19-23,27H2,1-9H3. The minimum atomic E-state index is -0.191. The highest BCUT2D eigenvalue weighted by atomic mass is 16.2. The highest BCUT2D eigenvalue weighted by Gasteiger charge is 2.47. The van der Waals surface area contributed by atoms with Crippen LogP contribution < -0.4 is 4.90 Å². The fraction of sp³-hybridized carbons (Fsp3) is 0.556. The minimum Gasteiger partial charge on any atom is -0.371 e. The topological polar surface area (TPSA) is 43.9 Å². The van der Waals surface area contributed by atoms with E-state index >= 15 is 0 Å². The highest BCUT2D eigenvalue weighted by molar-refractivity contribution is 6.04. The first-order valence-electron chi connectivity index (χ1n) is 19.5. The molecule has 7 rings (SSSR count). The Bertz CT molecular complexity index is 1820. The second kappa shape index (κ2) is 13.0.